The number of halogens is 1. The predicted octanol–water partition coefficient (Wildman–Crippen LogP) is 4.86. The average Bonchev–Trinajstić information content (AvgIpc) is 3.28. The molecule has 3 amide bonds. The molecule has 0 aromatic heterocycles. The third-order valence-electron chi connectivity index (χ3n) is 8.97. The van der Waals surface area contributed by atoms with Gasteiger partial charge in [-0.1, -0.05) is 80.1 Å². The largest absolute Gasteiger partial charge is 0.394 e. The Labute approximate surface area is 256 Å². The van der Waals surface area contributed by atoms with Crippen LogP contribution in [0.15, 0.2) is 72.8 Å². The molecule has 1 unspecified atom stereocenters. The van der Waals surface area contributed by atoms with Gasteiger partial charge in [-0.25, -0.2) is 0 Å². The first-order valence-corrected chi connectivity index (χ1v) is 15.8. The fraction of sp³-hybridized carbons (Fsp3) is 0.424. The zero-order valence-electron chi connectivity index (χ0n) is 24.0. The van der Waals surface area contributed by atoms with Crippen LogP contribution in [-0.4, -0.2) is 69.5 Å². The van der Waals surface area contributed by atoms with Gasteiger partial charge in [-0.3, -0.25) is 14.4 Å². The van der Waals surface area contributed by atoms with Crippen molar-refractivity contribution in [2.75, 3.05) is 29.5 Å². The number of para-hydroxylation sites is 2. The maximum atomic E-state index is 14.8. The van der Waals surface area contributed by atoms with E-state index < -0.39 is 28.7 Å². The van der Waals surface area contributed by atoms with Gasteiger partial charge in [0, 0.05) is 24.0 Å². The number of rotatable bonds is 6. The molecule has 1 spiro atoms. The van der Waals surface area contributed by atoms with Gasteiger partial charge < -0.3 is 19.8 Å². The molecule has 2 aromatic rings. The number of amides is 3. The number of hydrogen-bond acceptors (Lipinski definition) is 5. The van der Waals surface area contributed by atoms with Crippen LogP contribution in [0.4, 0.5) is 11.4 Å². The molecule has 2 saturated heterocycles. The third-order valence-corrected chi connectivity index (χ3v) is 11.0. The molecule has 9 heteroatoms. The van der Waals surface area contributed by atoms with E-state index in [4.69, 9.17) is 11.6 Å². The van der Waals surface area contributed by atoms with Crippen LogP contribution in [0.1, 0.15) is 25.8 Å². The molecule has 2 aromatic carbocycles. The summed E-state index contributed by atoms with van der Waals surface area (Å²) in [6, 6.07) is 13.6. The van der Waals surface area contributed by atoms with E-state index in [0.717, 1.165) is 11.3 Å². The Morgan fingerprint density at radius 3 is 2.40 bits per heavy atom. The van der Waals surface area contributed by atoms with E-state index in [1.165, 1.54) is 0 Å². The molecule has 4 aliphatic heterocycles. The highest BCUT2D eigenvalue weighted by Crippen LogP contribution is 2.61. The van der Waals surface area contributed by atoms with E-state index in [1.54, 1.807) is 32.5 Å². The van der Waals surface area contributed by atoms with Crippen molar-refractivity contribution in [2.24, 2.45) is 17.8 Å². The molecular formula is C33H36ClN3O4S. The summed E-state index contributed by atoms with van der Waals surface area (Å²) >= 11 is 8.21. The van der Waals surface area contributed by atoms with Crippen LogP contribution in [0.25, 0.3) is 0 Å². The number of aliphatic hydroxyl groups excluding tert-OH is 1. The molecule has 6 atom stereocenters. The molecule has 0 saturated carbocycles. The summed E-state index contributed by atoms with van der Waals surface area (Å²) in [6.45, 7) is 6.43. The van der Waals surface area contributed by atoms with Crippen LogP contribution >= 0.6 is 23.4 Å². The molecule has 42 heavy (non-hydrogen) atoms. The summed E-state index contributed by atoms with van der Waals surface area (Å²) in [5.74, 6) is -1.83. The second-order valence-corrected chi connectivity index (χ2v) is 13.9. The first-order chi connectivity index (χ1) is 20.2. The van der Waals surface area contributed by atoms with E-state index >= 15 is 0 Å². The Hall–Kier alpha value is -3.07. The van der Waals surface area contributed by atoms with Crippen molar-refractivity contribution in [1.29, 1.82) is 0 Å². The number of thioether (sulfide) groups is 1. The van der Waals surface area contributed by atoms with Crippen molar-refractivity contribution in [1.82, 2.24) is 4.90 Å². The van der Waals surface area contributed by atoms with Gasteiger partial charge in [0.2, 0.25) is 11.8 Å². The first-order valence-electron chi connectivity index (χ1n) is 14.6. The predicted molar refractivity (Wildman–Crippen MR) is 168 cm³/mol. The molecular weight excluding hydrogens is 570 g/mol. The van der Waals surface area contributed by atoms with Gasteiger partial charge in [-0.05, 0) is 43.0 Å². The van der Waals surface area contributed by atoms with Crippen molar-refractivity contribution in [3.8, 4) is 0 Å². The van der Waals surface area contributed by atoms with Crippen molar-refractivity contribution in [3.63, 3.8) is 0 Å². The number of hydrogen-bond donors (Lipinski definition) is 1. The van der Waals surface area contributed by atoms with Crippen LogP contribution < -0.4 is 9.80 Å². The van der Waals surface area contributed by atoms with Crippen LogP contribution in [-0.2, 0) is 14.4 Å². The molecule has 4 heterocycles. The zero-order chi connectivity index (χ0) is 29.8. The minimum atomic E-state index is -0.975. The summed E-state index contributed by atoms with van der Waals surface area (Å²) in [6.07, 6.45) is 8.51. The van der Waals surface area contributed by atoms with E-state index in [-0.39, 0.29) is 35.5 Å². The van der Waals surface area contributed by atoms with E-state index in [2.05, 4.69) is 0 Å². The molecule has 7 nitrogen and oxygen atoms in total. The highest BCUT2D eigenvalue weighted by atomic mass is 35.5. The number of fused-ring (bicyclic) bond motifs is 2. The van der Waals surface area contributed by atoms with Gasteiger partial charge in [0.15, 0.2) is 0 Å². The summed E-state index contributed by atoms with van der Waals surface area (Å²) in [4.78, 5) is 48.9. The molecule has 0 bridgehead atoms. The number of carbonyl (C=O) groups excluding carboxylic acids is 3. The van der Waals surface area contributed by atoms with Gasteiger partial charge in [0.25, 0.3) is 5.91 Å². The average molecular weight is 606 g/mol. The van der Waals surface area contributed by atoms with Crippen molar-refractivity contribution in [3.05, 3.63) is 83.4 Å². The SMILES string of the molecule is Cc1cccc(Cl)c1N1CC=C[C@]23S[C@H]4C=CCN(c5ccccc5)C(=O)[C@H]4[C@H]2C(=O)N([C@@H](CO)CC(C)C)C3C1=O. The fourth-order valence-corrected chi connectivity index (χ4v) is 9.61. The molecule has 4 aliphatic rings. The zero-order valence-corrected chi connectivity index (χ0v) is 25.6. The molecule has 1 N–H and O–H groups in total. The van der Waals surface area contributed by atoms with Gasteiger partial charge in [0.1, 0.15) is 6.04 Å². The summed E-state index contributed by atoms with van der Waals surface area (Å²) in [5, 5.41) is 10.8. The Balaban J connectivity index is 1.49. The monoisotopic (exact) mass is 605 g/mol. The molecule has 0 aliphatic carbocycles. The summed E-state index contributed by atoms with van der Waals surface area (Å²) in [7, 11) is 0. The third kappa shape index (κ3) is 4.50. The van der Waals surface area contributed by atoms with Gasteiger partial charge in [-0.15, -0.1) is 11.8 Å². The normalized spacial score (nSPS) is 29.5. The number of aliphatic hydroxyl groups is 1. The standard InChI is InChI=1S/C33H36ClN3O4S/c1-20(2)18-23(19-38)37-29-32(41)36(28-21(3)10-7-13-24(28)34)17-9-15-33(29)27(31(37)40)26-25(42-33)14-8-16-35(30(26)39)22-11-5-4-6-12-22/h4-15,20,23,25-27,29,38H,16-19H2,1-3H3/t23-,25+,26-,27+,29?,33+/m1/s1. The van der Waals surface area contributed by atoms with Crippen LogP contribution in [0, 0.1) is 24.7 Å². The quantitative estimate of drug-likeness (QED) is 0.476. The number of anilines is 2. The van der Waals surface area contributed by atoms with Gasteiger partial charge in [0.05, 0.1) is 39.9 Å². The maximum Gasteiger partial charge on any atom is 0.251 e. The highest BCUT2D eigenvalue weighted by Gasteiger charge is 2.72. The number of aryl methyl sites for hydroxylation is 1. The molecule has 0 radical (unpaired) electrons. The highest BCUT2D eigenvalue weighted by molar-refractivity contribution is 8.02. The maximum absolute atomic E-state index is 14.8. The van der Waals surface area contributed by atoms with Crippen molar-refractivity contribution in [2.45, 2.75) is 49.3 Å². The number of nitrogens with zero attached hydrogens (tertiary/aromatic N) is 3. The lowest BCUT2D eigenvalue weighted by Gasteiger charge is -2.39. The topological polar surface area (TPSA) is 81.2 Å². The lowest BCUT2D eigenvalue weighted by atomic mass is 9.78. The second kappa shape index (κ2) is 11.2. The number of carbonyl (C=O) groups is 3. The molecule has 6 rings (SSSR count). The fourth-order valence-electron chi connectivity index (χ4n) is 7.30. The van der Waals surface area contributed by atoms with Crippen molar-refractivity contribution < 1.29 is 19.5 Å². The van der Waals surface area contributed by atoms with Gasteiger partial charge in [-0.2, -0.15) is 0 Å². The van der Waals surface area contributed by atoms with Crippen LogP contribution in [0.5, 0.6) is 0 Å². The van der Waals surface area contributed by atoms with Crippen molar-refractivity contribution >= 4 is 52.5 Å². The minimum absolute atomic E-state index is 0.118. The Kier molecular flexibility index (Phi) is 7.75. The molecule has 2 fully saturated rings. The van der Waals surface area contributed by atoms with E-state index in [9.17, 15) is 19.5 Å². The van der Waals surface area contributed by atoms with E-state index in [1.807, 2.05) is 87.5 Å². The van der Waals surface area contributed by atoms with Crippen LogP contribution in [0.3, 0.4) is 0 Å². The number of likely N-dealkylation sites (tertiary alicyclic amines) is 1. The summed E-state index contributed by atoms with van der Waals surface area (Å²) < 4.78 is -0.975. The van der Waals surface area contributed by atoms with Crippen LogP contribution in [0.2, 0.25) is 5.02 Å². The number of benzene rings is 2. The Morgan fingerprint density at radius 2 is 1.71 bits per heavy atom. The van der Waals surface area contributed by atoms with E-state index in [0.29, 0.717) is 30.2 Å². The Bertz CT molecular complexity index is 1440. The summed E-state index contributed by atoms with van der Waals surface area (Å²) in [5.41, 5.74) is 2.25. The second-order valence-electron chi connectivity index (χ2n) is 12.0. The lowest BCUT2D eigenvalue weighted by molar-refractivity contribution is -0.142. The lowest BCUT2D eigenvalue weighted by Crippen LogP contribution is -2.57. The minimum Gasteiger partial charge on any atom is -0.394 e. The first kappa shape index (κ1) is 29.0. The molecule has 220 valence electrons. The van der Waals surface area contributed by atoms with Gasteiger partial charge >= 0.3 is 0 Å². The Morgan fingerprint density at radius 1 is 0.976 bits per heavy atom. The smallest absolute Gasteiger partial charge is 0.251 e.